The topological polar surface area (TPSA) is 122 Å². The predicted molar refractivity (Wildman–Crippen MR) is 126 cm³/mol. The van der Waals surface area contributed by atoms with Crippen LogP contribution in [0.5, 0.6) is 0 Å². The molecule has 9 heteroatoms. The first-order chi connectivity index (χ1) is 16.9. The van der Waals surface area contributed by atoms with Gasteiger partial charge in [-0.25, -0.2) is 4.79 Å². The number of carboxylic acid groups (broad SMARTS) is 1. The molecular formula is C26H25N3O6. The number of benzene rings is 2. The van der Waals surface area contributed by atoms with Gasteiger partial charge in [-0.05, 0) is 42.0 Å². The highest BCUT2D eigenvalue weighted by Crippen LogP contribution is 2.44. The summed E-state index contributed by atoms with van der Waals surface area (Å²) in [6, 6.07) is 17.2. The summed E-state index contributed by atoms with van der Waals surface area (Å²) in [5.74, 6) is -1.75. The number of aromatic nitrogens is 1. The zero-order valence-electron chi connectivity index (χ0n) is 19.1. The molecule has 1 aliphatic heterocycles. The third kappa shape index (κ3) is 4.37. The quantitative estimate of drug-likeness (QED) is 0.562. The molecule has 0 bridgehead atoms. The summed E-state index contributed by atoms with van der Waals surface area (Å²) < 4.78 is 10.6. The molecule has 0 radical (unpaired) electrons. The third-order valence-corrected chi connectivity index (χ3v) is 6.78. The van der Waals surface area contributed by atoms with Gasteiger partial charge in [0.25, 0.3) is 5.91 Å². The number of piperidine rings is 1. The first-order valence-corrected chi connectivity index (χ1v) is 11.5. The number of carboxylic acids is 1. The fraction of sp³-hybridized carbons (Fsp3) is 0.308. The Labute approximate surface area is 201 Å². The van der Waals surface area contributed by atoms with Crippen LogP contribution in [0.1, 0.15) is 47.3 Å². The van der Waals surface area contributed by atoms with Gasteiger partial charge in [0, 0.05) is 24.6 Å². The van der Waals surface area contributed by atoms with E-state index in [-0.39, 0.29) is 36.1 Å². The lowest BCUT2D eigenvalue weighted by Gasteiger charge is -2.35. The lowest BCUT2D eigenvalue weighted by Crippen LogP contribution is -2.46. The highest BCUT2D eigenvalue weighted by atomic mass is 16.6. The summed E-state index contributed by atoms with van der Waals surface area (Å²) in [4.78, 5) is 38.1. The fourth-order valence-electron chi connectivity index (χ4n) is 5.02. The molecule has 2 amide bonds. The molecule has 0 saturated carbocycles. The van der Waals surface area contributed by atoms with Gasteiger partial charge < -0.3 is 19.3 Å². The average Bonchev–Trinajstić information content (AvgIpc) is 3.45. The van der Waals surface area contributed by atoms with Gasteiger partial charge in [0.05, 0.1) is 5.92 Å². The standard InChI is InChI=1S/C26H25N3O6/c1-15-12-16(25(31)32)10-11-29(15)24(30)22-13-23(35-28-22)27-26(33)34-14-21-19-8-4-2-6-17(19)18-7-3-5-9-20(18)21/h2-9,13,15-16,21H,10-12,14H2,1H3,(H,27,33)(H,31,32)/t15-,16-/m0/s1. The maximum Gasteiger partial charge on any atom is 0.414 e. The van der Waals surface area contributed by atoms with E-state index in [4.69, 9.17) is 9.26 Å². The van der Waals surface area contributed by atoms with Crippen molar-refractivity contribution in [2.75, 3.05) is 18.5 Å². The van der Waals surface area contributed by atoms with Crippen molar-refractivity contribution in [3.8, 4) is 11.1 Å². The summed E-state index contributed by atoms with van der Waals surface area (Å²) in [6.07, 6.45) is 0.0513. The largest absolute Gasteiger partial charge is 0.481 e. The Morgan fingerprint density at radius 3 is 2.40 bits per heavy atom. The van der Waals surface area contributed by atoms with E-state index in [1.165, 1.54) is 6.07 Å². The normalized spacial score (nSPS) is 19.1. The Bertz CT molecular complexity index is 1240. The SMILES string of the molecule is C[C@H]1C[C@@H](C(=O)O)CCN1C(=O)c1cc(NC(=O)OCC2c3ccccc3-c3ccccc32)on1. The van der Waals surface area contributed by atoms with Crippen molar-refractivity contribution < 1.29 is 28.8 Å². The van der Waals surface area contributed by atoms with Crippen LogP contribution in [0, 0.1) is 5.92 Å². The molecule has 1 aromatic heterocycles. The molecule has 1 saturated heterocycles. The van der Waals surface area contributed by atoms with Gasteiger partial charge in [-0.3, -0.25) is 14.9 Å². The fourth-order valence-corrected chi connectivity index (χ4v) is 5.02. The molecule has 35 heavy (non-hydrogen) atoms. The maximum absolute atomic E-state index is 12.8. The molecule has 2 aromatic carbocycles. The molecule has 2 heterocycles. The summed E-state index contributed by atoms with van der Waals surface area (Å²) in [6.45, 7) is 2.28. The maximum atomic E-state index is 12.8. The van der Waals surface area contributed by atoms with Crippen molar-refractivity contribution in [1.29, 1.82) is 0 Å². The van der Waals surface area contributed by atoms with Gasteiger partial charge in [0.1, 0.15) is 6.61 Å². The molecule has 2 atom stereocenters. The van der Waals surface area contributed by atoms with Gasteiger partial charge in [-0.15, -0.1) is 0 Å². The van der Waals surface area contributed by atoms with Crippen molar-refractivity contribution in [3.63, 3.8) is 0 Å². The van der Waals surface area contributed by atoms with Gasteiger partial charge in [-0.1, -0.05) is 53.7 Å². The number of aliphatic carboxylic acids is 1. The monoisotopic (exact) mass is 475 g/mol. The number of hydrogen-bond donors (Lipinski definition) is 2. The minimum absolute atomic E-state index is 0.00125. The van der Waals surface area contributed by atoms with Crippen LogP contribution >= 0.6 is 0 Å². The van der Waals surface area contributed by atoms with Gasteiger partial charge in [0.2, 0.25) is 5.88 Å². The van der Waals surface area contributed by atoms with Gasteiger partial charge in [0.15, 0.2) is 5.69 Å². The number of ether oxygens (including phenoxy) is 1. The second-order valence-corrected chi connectivity index (χ2v) is 8.93. The van der Waals surface area contributed by atoms with Crippen LogP contribution in [0.3, 0.4) is 0 Å². The second-order valence-electron chi connectivity index (χ2n) is 8.93. The Hall–Kier alpha value is -4.14. The van der Waals surface area contributed by atoms with E-state index < -0.39 is 18.0 Å². The molecule has 2 N–H and O–H groups in total. The average molecular weight is 476 g/mol. The first-order valence-electron chi connectivity index (χ1n) is 11.5. The summed E-state index contributed by atoms with van der Waals surface area (Å²) >= 11 is 0. The lowest BCUT2D eigenvalue weighted by atomic mass is 9.91. The van der Waals surface area contributed by atoms with Crippen molar-refractivity contribution >= 4 is 23.9 Å². The van der Waals surface area contributed by atoms with Crippen molar-refractivity contribution in [3.05, 3.63) is 71.4 Å². The van der Waals surface area contributed by atoms with Crippen LogP contribution in [0.15, 0.2) is 59.1 Å². The molecule has 0 unspecified atom stereocenters. The number of anilines is 1. The van der Waals surface area contributed by atoms with E-state index in [1.54, 1.807) is 4.90 Å². The van der Waals surface area contributed by atoms with Crippen LogP contribution in [0.4, 0.5) is 10.7 Å². The Morgan fingerprint density at radius 2 is 1.77 bits per heavy atom. The summed E-state index contributed by atoms with van der Waals surface area (Å²) in [5.41, 5.74) is 4.53. The predicted octanol–water partition coefficient (Wildman–Crippen LogP) is 4.36. The Morgan fingerprint density at radius 1 is 1.11 bits per heavy atom. The number of carbonyl (C=O) groups excluding carboxylic acids is 2. The number of nitrogens with one attached hydrogen (secondary N) is 1. The number of fused-ring (bicyclic) bond motifs is 3. The van der Waals surface area contributed by atoms with E-state index in [2.05, 4.69) is 22.6 Å². The van der Waals surface area contributed by atoms with Crippen LogP contribution in [0.25, 0.3) is 11.1 Å². The molecule has 1 aliphatic carbocycles. The number of hydrogen-bond acceptors (Lipinski definition) is 6. The smallest absolute Gasteiger partial charge is 0.414 e. The number of likely N-dealkylation sites (tertiary alicyclic amines) is 1. The van der Waals surface area contributed by atoms with Crippen LogP contribution in [-0.2, 0) is 9.53 Å². The van der Waals surface area contributed by atoms with Crippen LogP contribution in [0.2, 0.25) is 0 Å². The minimum Gasteiger partial charge on any atom is -0.481 e. The lowest BCUT2D eigenvalue weighted by molar-refractivity contribution is -0.143. The molecule has 5 rings (SSSR count). The Balaban J connectivity index is 1.20. The van der Waals surface area contributed by atoms with Crippen LogP contribution in [-0.4, -0.2) is 52.3 Å². The molecular weight excluding hydrogens is 450 g/mol. The highest BCUT2D eigenvalue weighted by molar-refractivity contribution is 5.94. The van der Waals surface area contributed by atoms with Crippen molar-refractivity contribution in [2.24, 2.45) is 5.92 Å². The highest BCUT2D eigenvalue weighted by Gasteiger charge is 2.34. The van der Waals surface area contributed by atoms with E-state index in [1.807, 2.05) is 43.3 Å². The van der Waals surface area contributed by atoms with E-state index in [0.29, 0.717) is 19.4 Å². The van der Waals surface area contributed by atoms with E-state index in [0.717, 1.165) is 22.3 Å². The Kier molecular flexibility index (Phi) is 5.98. The van der Waals surface area contributed by atoms with Crippen LogP contribution < -0.4 is 5.32 Å². The number of rotatable bonds is 5. The van der Waals surface area contributed by atoms with Crippen molar-refractivity contribution in [1.82, 2.24) is 10.1 Å². The molecule has 0 spiro atoms. The van der Waals surface area contributed by atoms with E-state index in [9.17, 15) is 19.5 Å². The molecule has 1 fully saturated rings. The molecule has 9 nitrogen and oxygen atoms in total. The molecule has 3 aromatic rings. The zero-order chi connectivity index (χ0) is 24.5. The number of carbonyl (C=O) groups is 3. The first kappa shape index (κ1) is 22.6. The minimum atomic E-state index is -0.847. The van der Waals surface area contributed by atoms with Gasteiger partial charge >= 0.3 is 12.1 Å². The second kappa shape index (κ2) is 9.25. The zero-order valence-corrected chi connectivity index (χ0v) is 19.1. The number of amides is 2. The summed E-state index contributed by atoms with van der Waals surface area (Å²) in [7, 11) is 0. The third-order valence-electron chi connectivity index (χ3n) is 6.78. The molecule has 180 valence electrons. The molecule has 2 aliphatic rings. The summed E-state index contributed by atoms with van der Waals surface area (Å²) in [5, 5.41) is 15.5. The van der Waals surface area contributed by atoms with Gasteiger partial charge in [-0.2, -0.15) is 0 Å². The van der Waals surface area contributed by atoms with E-state index >= 15 is 0 Å². The number of nitrogens with zero attached hydrogens (tertiary/aromatic N) is 2. The van der Waals surface area contributed by atoms with Crippen molar-refractivity contribution in [2.45, 2.75) is 31.7 Å².